The van der Waals surface area contributed by atoms with Crippen molar-refractivity contribution in [2.75, 3.05) is 0 Å². The average Bonchev–Trinajstić information content (AvgIpc) is 2.12. The molecular weight excluding hydrogens is 112 g/mol. The van der Waals surface area contributed by atoms with Gasteiger partial charge >= 0.3 is 5.69 Å². The fraction of sp³-hybridized carbons (Fsp3) is 0. The molecule has 0 fully saturated rings. The molecule has 0 unspecified atom stereocenters. The Bertz CT molecular complexity index is 180. The Balaban J connectivity index is 2.93. The lowest BCUT2D eigenvalue weighted by Gasteiger charge is -1.74. The van der Waals surface area contributed by atoms with Crippen molar-refractivity contribution in [3.05, 3.63) is 22.6 Å². The summed E-state index contributed by atoms with van der Waals surface area (Å²) in [5.74, 6) is 0. The van der Waals surface area contributed by atoms with Crippen LogP contribution in [0, 0.1) is 10.1 Å². The molecule has 0 aromatic carbocycles. The van der Waals surface area contributed by atoms with Gasteiger partial charge < -0.3 is 4.52 Å². The lowest BCUT2D eigenvalue weighted by Crippen LogP contribution is -1.82. The van der Waals surface area contributed by atoms with Gasteiger partial charge in [0, 0.05) is 0 Å². The largest absolute Gasteiger partial charge is 0.357 e. The number of nitro groups is 1. The molecule has 1 rings (SSSR count). The first-order valence-corrected chi connectivity index (χ1v) is 1.84. The summed E-state index contributed by atoms with van der Waals surface area (Å²) in [6, 6.07) is 0. The molecule has 0 bridgehead atoms. The minimum atomic E-state index is -0.573. The van der Waals surface area contributed by atoms with Crippen molar-refractivity contribution < 1.29 is 9.45 Å². The fourth-order valence-electron chi connectivity index (χ4n) is 0.289. The van der Waals surface area contributed by atoms with Crippen molar-refractivity contribution in [2.24, 2.45) is 0 Å². The monoisotopic (exact) mass is 114 g/mol. The Hall–Kier alpha value is -1.39. The third kappa shape index (κ3) is 0.651. The highest BCUT2D eigenvalue weighted by Gasteiger charge is 2.04. The second-order valence-corrected chi connectivity index (χ2v) is 1.14. The first kappa shape index (κ1) is 4.76. The molecule has 0 radical (unpaired) electrons. The summed E-state index contributed by atoms with van der Waals surface area (Å²) in [6.45, 7) is 0. The van der Waals surface area contributed by atoms with E-state index < -0.39 is 4.92 Å². The van der Waals surface area contributed by atoms with Gasteiger partial charge in [-0.05, 0) is 0 Å². The van der Waals surface area contributed by atoms with Gasteiger partial charge in [-0.25, -0.2) is 0 Å². The van der Waals surface area contributed by atoms with E-state index in [1.807, 2.05) is 0 Å². The molecule has 0 atom stereocenters. The zero-order valence-electron chi connectivity index (χ0n) is 3.77. The molecule has 1 aromatic rings. The van der Waals surface area contributed by atoms with E-state index in [0.29, 0.717) is 0 Å². The van der Waals surface area contributed by atoms with Gasteiger partial charge in [-0.1, -0.05) is 5.16 Å². The predicted molar refractivity (Wildman–Crippen MR) is 23.2 cm³/mol. The van der Waals surface area contributed by atoms with E-state index in [1.54, 1.807) is 0 Å². The van der Waals surface area contributed by atoms with E-state index in [0.717, 1.165) is 12.5 Å². The quantitative estimate of drug-likeness (QED) is 0.395. The van der Waals surface area contributed by atoms with E-state index in [9.17, 15) is 10.1 Å². The molecule has 42 valence electrons. The summed E-state index contributed by atoms with van der Waals surface area (Å²) in [5.41, 5.74) is -0.120. The van der Waals surface area contributed by atoms with Crippen molar-refractivity contribution in [3.8, 4) is 0 Å². The Morgan fingerprint density at radius 3 is 2.88 bits per heavy atom. The number of rotatable bonds is 1. The summed E-state index contributed by atoms with van der Waals surface area (Å²) < 4.78 is 4.18. The molecular formula is C3H2N2O3. The SMILES string of the molecule is O=[N+]([O-])c1cnoc1. The molecule has 1 aromatic heterocycles. The van der Waals surface area contributed by atoms with Crippen LogP contribution in [0.2, 0.25) is 0 Å². The van der Waals surface area contributed by atoms with Crippen molar-refractivity contribution in [1.29, 1.82) is 0 Å². The zero-order valence-corrected chi connectivity index (χ0v) is 3.77. The van der Waals surface area contributed by atoms with Gasteiger partial charge in [0.1, 0.15) is 6.20 Å². The first-order chi connectivity index (χ1) is 3.80. The zero-order chi connectivity index (χ0) is 5.98. The molecule has 0 N–H and O–H groups in total. The Labute approximate surface area is 44.0 Å². The highest BCUT2D eigenvalue weighted by molar-refractivity contribution is 5.17. The van der Waals surface area contributed by atoms with Crippen molar-refractivity contribution >= 4 is 5.69 Å². The molecule has 5 heteroatoms. The average molecular weight is 114 g/mol. The topological polar surface area (TPSA) is 69.2 Å². The Kier molecular flexibility index (Phi) is 0.957. The minimum absolute atomic E-state index is 0.120. The maximum atomic E-state index is 9.77. The molecule has 0 saturated carbocycles. The molecule has 0 amide bonds. The Morgan fingerprint density at radius 1 is 1.88 bits per heavy atom. The molecule has 8 heavy (non-hydrogen) atoms. The van der Waals surface area contributed by atoms with Gasteiger partial charge in [0.25, 0.3) is 0 Å². The van der Waals surface area contributed by atoms with Crippen LogP contribution in [0.1, 0.15) is 0 Å². The third-order valence-electron chi connectivity index (χ3n) is 0.630. The van der Waals surface area contributed by atoms with Crippen LogP contribution in [-0.4, -0.2) is 10.1 Å². The highest BCUT2D eigenvalue weighted by Crippen LogP contribution is 2.05. The summed E-state index contributed by atoms with van der Waals surface area (Å²) >= 11 is 0. The van der Waals surface area contributed by atoms with Gasteiger partial charge in [0.05, 0.1) is 4.92 Å². The molecule has 0 aliphatic carbocycles. The standard InChI is InChI=1S/C3H2N2O3/c6-5(7)3-1-4-8-2-3/h1-2H. The molecule has 5 nitrogen and oxygen atoms in total. The number of nitrogens with zero attached hydrogens (tertiary/aromatic N) is 2. The van der Waals surface area contributed by atoms with Crippen LogP contribution in [-0.2, 0) is 0 Å². The van der Waals surface area contributed by atoms with Gasteiger partial charge in [-0.15, -0.1) is 0 Å². The number of aromatic nitrogens is 1. The van der Waals surface area contributed by atoms with Crippen LogP contribution in [0.5, 0.6) is 0 Å². The molecule has 0 aliphatic heterocycles. The second kappa shape index (κ2) is 1.61. The van der Waals surface area contributed by atoms with E-state index >= 15 is 0 Å². The minimum Gasteiger partial charge on any atom is -0.357 e. The lowest BCUT2D eigenvalue weighted by molar-refractivity contribution is -0.385. The van der Waals surface area contributed by atoms with Crippen LogP contribution < -0.4 is 0 Å². The van der Waals surface area contributed by atoms with Crippen molar-refractivity contribution in [2.45, 2.75) is 0 Å². The van der Waals surface area contributed by atoms with Crippen LogP contribution in [0.3, 0.4) is 0 Å². The van der Waals surface area contributed by atoms with Gasteiger partial charge in [-0.3, -0.25) is 10.1 Å². The van der Waals surface area contributed by atoms with E-state index in [1.165, 1.54) is 0 Å². The second-order valence-electron chi connectivity index (χ2n) is 1.14. The summed E-state index contributed by atoms with van der Waals surface area (Å²) in [7, 11) is 0. The van der Waals surface area contributed by atoms with Gasteiger partial charge in [0.2, 0.25) is 6.26 Å². The summed E-state index contributed by atoms with van der Waals surface area (Å²) in [6.07, 6.45) is 2.01. The fourth-order valence-corrected chi connectivity index (χ4v) is 0.289. The lowest BCUT2D eigenvalue weighted by atomic mass is 10.6. The highest BCUT2D eigenvalue weighted by atomic mass is 16.6. The normalized spacial score (nSPS) is 9.00. The molecule has 1 heterocycles. The van der Waals surface area contributed by atoms with Crippen molar-refractivity contribution in [1.82, 2.24) is 5.16 Å². The third-order valence-corrected chi connectivity index (χ3v) is 0.630. The first-order valence-electron chi connectivity index (χ1n) is 1.84. The molecule has 0 spiro atoms. The predicted octanol–water partition coefficient (Wildman–Crippen LogP) is 0.583. The summed E-state index contributed by atoms with van der Waals surface area (Å²) in [5, 5.41) is 12.9. The van der Waals surface area contributed by atoms with E-state index in [4.69, 9.17) is 0 Å². The van der Waals surface area contributed by atoms with E-state index in [2.05, 4.69) is 9.68 Å². The Morgan fingerprint density at radius 2 is 2.62 bits per heavy atom. The van der Waals surface area contributed by atoms with Crippen LogP contribution >= 0.6 is 0 Å². The number of hydrogen-bond acceptors (Lipinski definition) is 4. The summed E-state index contributed by atoms with van der Waals surface area (Å²) in [4.78, 5) is 9.19. The molecule has 0 aliphatic rings. The number of hydrogen-bond donors (Lipinski definition) is 0. The smallest absolute Gasteiger partial charge is 0.328 e. The maximum Gasteiger partial charge on any atom is 0.328 e. The van der Waals surface area contributed by atoms with Crippen LogP contribution in [0.15, 0.2) is 17.0 Å². The van der Waals surface area contributed by atoms with Crippen LogP contribution in [0.4, 0.5) is 5.69 Å². The van der Waals surface area contributed by atoms with Gasteiger partial charge in [0.15, 0.2) is 0 Å². The van der Waals surface area contributed by atoms with E-state index in [-0.39, 0.29) is 5.69 Å². The van der Waals surface area contributed by atoms with Crippen LogP contribution in [0.25, 0.3) is 0 Å². The maximum absolute atomic E-state index is 9.77. The van der Waals surface area contributed by atoms with Crippen molar-refractivity contribution in [3.63, 3.8) is 0 Å². The molecule has 0 saturated heterocycles. The van der Waals surface area contributed by atoms with Gasteiger partial charge in [-0.2, -0.15) is 0 Å².